The van der Waals surface area contributed by atoms with Crippen LogP contribution >= 0.6 is 0 Å². The zero-order valence-electron chi connectivity index (χ0n) is 11.5. The average Bonchev–Trinajstić information content (AvgIpc) is 2.87. The number of likely N-dealkylation sites (tertiary alicyclic amines) is 1. The highest BCUT2D eigenvalue weighted by molar-refractivity contribution is 4.99. The highest BCUT2D eigenvalue weighted by atomic mass is 16.7. The van der Waals surface area contributed by atoms with Crippen LogP contribution in [-0.4, -0.2) is 53.7 Å². The Kier molecular flexibility index (Phi) is 3.17. The minimum absolute atomic E-state index is 0.194. The maximum Gasteiger partial charge on any atom is 0.168 e. The minimum atomic E-state index is -0.482. The molecule has 0 aromatic carbocycles. The van der Waals surface area contributed by atoms with E-state index in [1.165, 1.54) is 12.8 Å². The van der Waals surface area contributed by atoms with Crippen molar-refractivity contribution in [2.75, 3.05) is 26.2 Å². The number of β-amino-alcohol motifs (C(OH)–C–C–N with tert-alkyl or cyclic N) is 1. The predicted octanol–water partition coefficient (Wildman–Crippen LogP) is 1.37. The molecule has 0 amide bonds. The number of nitrogens with zero attached hydrogens (tertiary/aromatic N) is 1. The van der Waals surface area contributed by atoms with Crippen molar-refractivity contribution >= 4 is 0 Å². The van der Waals surface area contributed by atoms with Gasteiger partial charge in [-0.3, -0.25) is 4.90 Å². The first-order valence-electron chi connectivity index (χ1n) is 7.28. The summed E-state index contributed by atoms with van der Waals surface area (Å²) in [6.07, 6.45) is 4.76. The summed E-state index contributed by atoms with van der Waals surface area (Å²) >= 11 is 0. The van der Waals surface area contributed by atoms with Crippen molar-refractivity contribution in [2.24, 2.45) is 5.92 Å². The third-order valence-electron chi connectivity index (χ3n) is 4.81. The zero-order chi connectivity index (χ0) is 12.8. The molecule has 4 heteroatoms. The van der Waals surface area contributed by atoms with E-state index in [9.17, 15) is 5.11 Å². The van der Waals surface area contributed by atoms with E-state index < -0.39 is 5.60 Å². The van der Waals surface area contributed by atoms with Gasteiger partial charge in [-0.25, -0.2) is 0 Å². The van der Waals surface area contributed by atoms with Crippen LogP contribution in [0.2, 0.25) is 0 Å². The topological polar surface area (TPSA) is 41.9 Å². The zero-order valence-corrected chi connectivity index (χ0v) is 11.5. The van der Waals surface area contributed by atoms with Crippen LogP contribution in [0, 0.1) is 5.92 Å². The van der Waals surface area contributed by atoms with Gasteiger partial charge in [0.25, 0.3) is 0 Å². The molecule has 3 aliphatic rings. The fourth-order valence-corrected chi connectivity index (χ4v) is 3.39. The highest BCUT2D eigenvalue weighted by Crippen LogP contribution is 2.40. The van der Waals surface area contributed by atoms with E-state index in [0.717, 1.165) is 39.1 Å². The van der Waals surface area contributed by atoms with Crippen LogP contribution in [0.3, 0.4) is 0 Å². The number of ether oxygens (including phenoxy) is 2. The van der Waals surface area contributed by atoms with Crippen molar-refractivity contribution in [3.63, 3.8) is 0 Å². The van der Waals surface area contributed by atoms with E-state index in [1.807, 2.05) is 0 Å². The Morgan fingerprint density at radius 3 is 2.56 bits per heavy atom. The van der Waals surface area contributed by atoms with Gasteiger partial charge in [-0.1, -0.05) is 13.8 Å². The van der Waals surface area contributed by atoms with Gasteiger partial charge in [0.2, 0.25) is 0 Å². The van der Waals surface area contributed by atoms with Crippen LogP contribution in [0.25, 0.3) is 0 Å². The third-order valence-corrected chi connectivity index (χ3v) is 4.81. The van der Waals surface area contributed by atoms with Gasteiger partial charge in [0.15, 0.2) is 5.79 Å². The van der Waals surface area contributed by atoms with Gasteiger partial charge in [-0.05, 0) is 18.8 Å². The maximum atomic E-state index is 10.2. The smallest absolute Gasteiger partial charge is 0.168 e. The van der Waals surface area contributed by atoms with E-state index in [2.05, 4.69) is 18.7 Å². The molecule has 0 bridgehead atoms. The molecule has 2 heterocycles. The van der Waals surface area contributed by atoms with Crippen molar-refractivity contribution in [1.29, 1.82) is 0 Å². The molecule has 3 rings (SSSR count). The van der Waals surface area contributed by atoms with Gasteiger partial charge < -0.3 is 14.6 Å². The third kappa shape index (κ3) is 2.20. The molecule has 0 radical (unpaired) electrons. The van der Waals surface area contributed by atoms with Gasteiger partial charge in [-0.2, -0.15) is 0 Å². The normalized spacial score (nSPS) is 34.3. The predicted molar refractivity (Wildman–Crippen MR) is 68.3 cm³/mol. The van der Waals surface area contributed by atoms with E-state index in [-0.39, 0.29) is 11.9 Å². The molecule has 1 N–H and O–H groups in total. The quantitative estimate of drug-likeness (QED) is 0.827. The lowest BCUT2D eigenvalue weighted by atomic mass is 9.83. The number of hydrogen-bond acceptors (Lipinski definition) is 4. The van der Waals surface area contributed by atoms with Crippen molar-refractivity contribution in [1.82, 2.24) is 4.90 Å². The SMILES string of the molecule is CC(C)C1(O)CN(CC2COC3(CCCC3)O2)C1. The second-order valence-corrected chi connectivity index (χ2v) is 6.60. The number of hydrogen-bond donors (Lipinski definition) is 1. The Morgan fingerprint density at radius 2 is 1.94 bits per heavy atom. The molecular weight excluding hydrogens is 230 g/mol. The van der Waals surface area contributed by atoms with Crippen molar-refractivity contribution < 1.29 is 14.6 Å². The summed E-state index contributed by atoms with van der Waals surface area (Å²) in [5, 5.41) is 10.2. The van der Waals surface area contributed by atoms with Gasteiger partial charge in [0, 0.05) is 32.5 Å². The summed E-state index contributed by atoms with van der Waals surface area (Å²) in [5.41, 5.74) is -0.482. The van der Waals surface area contributed by atoms with E-state index >= 15 is 0 Å². The Bertz CT molecular complexity index is 306. The minimum Gasteiger partial charge on any atom is -0.387 e. The molecule has 1 spiro atoms. The van der Waals surface area contributed by atoms with Gasteiger partial charge in [0.05, 0.1) is 18.3 Å². The molecule has 3 fully saturated rings. The van der Waals surface area contributed by atoms with Crippen molar-refractivity contribution in [2.45, 2.75) is 57.0 Å². The lowest BCUT2D eigenvalue weighted by Gasteiger charge is -2.49. The molecule has 0 aromatic rings. The van der Waals surface area contributed by atoms with E-state index in [0.29, 0.717) is 5.92 Å². The fraction of sp³-hybridized carbons (Fsp3) is 1.00. The summed E-state index contributed by atoms with van der Waals surface area (Å²) in [5.74, 6) is 0.0832. The monoisotopic (exact) mass is 255 g/mol. The molecule has 18 heavy (non-hydrogen) atoms. The number of aliphatic hydroxyl groups is 1. The molecule has 1 unspecified atom stereocenters. The Balaban J connectivity index is 1.46. The van der Waals surface area contributed by atoms with Crippen molar-refractivity contribution in [3.8, 4) is 0 Å². The van der Waals surface area contributed by atoms with Gasteiger partial charge >= 0.3 is 0 Å². The van der Waals surface area contributed by atoms with Crippen LogP contribution in [0.5, 0.6) is 0 Å². The maximum absolute atomic E-state index is 10.2. The largest absolute Gasteiger partial charge is 0.387 e. The molecule has 104 valence electrons. The lowest BCUT2D eigenvalue weighted by Crippen LogP contribution is -2.65. The molecule has 1 saturated carbocycles. The summed E-state index contributed by atoms with van der Waals surface area (Å²) in [4.78, 5) is 2.28. The molecule has 2 aliphatic heterocycles. The summed E-state index contributed by atoms with van der Waals surface area (Å²) < 4.78 is 12.0. The van der Waals surface area contributed by atoms with Gasteiger partial charge in [0.1, 0.15) is 0 Å². The number of rotatable bonds is 3. The Hall–Kier alpha value is -0.160. The van der Waals surface area contributed by atoms with Crippen molar-refractivity contribution in [3.05, 3.63) is 0 Å². The standard InChI is InChI=1S/C14H25NO3/c1-11(2)13(16)9-15(10-13)7-12-8-17-14(18-12)5-3-4-6-14/h11-12,16H,3-10H2,1-2H3. The van der Waals surface area contributed by atoms with Crippen LogP contribution in [-0.2, 0) is 9.47 Å². The average molecular weight is 255 g/mol. The Morgan fingerprint density at radius 1 is 1.28 bits per heavy atom. The molecule has 0 aromatic heterocycles. The first-order valence-corrected chi connectivity index (χ1v) is 7.28. The second kappa shape index (κ2) is 4.44. The summed E-state index contributed by atoms with van der Waals surface area (Å²) in [6.45, 7) is 7.34. The molecule has 1 aliphatic carbocycles. The molecule has 2 saturated heterocycles. The van der Waals surface area contributed by atoms with Crippen LogP contribution in [0.15, 0.2) is 0 Å². The summed E-state index contributed by atoms with van der Waals surface area (Å²) in [6, 6.07) is 0. The summed E-state index contributed by atoms with van der Waals surface area (Å²) in [7, 11) is 0. The fourth-order valence-electron chi connectivity index (χ4n) is 3.39. The first-order chi connectivity index (χ1) is 8.51. The molecule has 1 atom stereocenters. The first kappa shape index (κ1) is 12.9. The van der Waals surface area contributed by atoms with E-state index in [4.69, 9.17) is 9.47 Å². The van der Waals surface area contributed by atoms with Crippen LogP contribution in [0.1, 0.15) is 39.5 Å². The van der Waals surface area contributed by atoms with Crippen LogP contribution < -0.4 is 0 Å². The van der Waals surface area contributed by atoms with E-state index in [1.54, 1.807) is 0 Å². The lowest BCUT2D eigenvalue weighted by molar-refractivity contribution is -0.174. The molecule has 4 nitrogen and oxygen atoms in total. The van der Waals surface area contributed by atoms with Crippen LogP contribution in [0.4, 0.5) is 0 Å². The highest BCUT2D eigenvalue weighted by Gasteiger charge is 2.48. The van der Waals surface area contributed by atoms with Gasteiger partial charge in [-0.15, -0.1) is 0 Å². The second-order valence-electron chi connectivity index (χ2n) is 6.60. The Labute approximate surface area is 109 Å². The molecular formula is C14H25NO3.